The first kappa shape index (κ1) is 10.0. The fourth-order valence-corrected chi connectivity index (χ4v) is 3.33. The molecular formula is C11H12OS2. The van der Waals surface area contributed by atoms with Gasteiger partial charge in [0.25, 0.3) is 0 Å². The number of benzene rings is 1. The number of aryl methyl sites for hydroxylation is 1. The largest absolute Gasteiger partial charge is 0.392 e. The van der Waals surface area contributed by atoms with E-state index in [1.54, 1.807) is 23.1 Å². The molecule has 0 atom stereocenters. The van der Waals surface area contributed by atoms with E-state index in [4.69, 9.17) is 5.11 Å². The van der Waals surface area contributed by atoms with Crippen molar-refractivity contribution >= 4 is 33.2 Å². The molecule has 1 aromatic carbocycles. The maximum absolute atomic E-state index is 9.08. The fraction of sp³-hybridized carbons (Fsp3) is 0.273. The first-order chi connectivity index (χ1) is 6.74. The average Bonchev–Trinajstić information content (AvgIpc) is 2.61. The van der Waals surface area contributed by atoms with Gasteiger partial charge in [0.2, 0.25) is 0 Å². The summed E-state index contributed by atoms with van der Waals surface area (Å²) >= 11 is 3.57. The zero-order valence-electron chi connectivity index (χ0n) is 8.20. The number of fused-ring (bicyclic) bond motifs is 1. The van der Waals surface area contributed by atoms with Crippen LogP contribution < -0.4 is 0 Å². The molecule has 2 rings (SSSR count). The first-order valence-corrected chi connectivity index (χ1v) is 6.46. The van der Waals surface area contributed by atoms with Crippen LogP contribution in [0.15, 0.2) is 22.4 Å². The van der Waals surface area contributed by atoms with Crippen LogP contribution in [0.1, 0.15) is 11.1 Å². The summed E-state index contributed by atoms with van der Waals surface area (Å²) in [6, 6.07) is 6.35. The van der Waals surface area contributed by atoms with Gasteiger partial charge in [0, 0.05) is 4.70 Å². The summed E-state index contributed by atoms with van der Waals surface area (Å²) < 4.78 is 2.61. The molecule has 1 heterocycles. The number of thioether (sulfide) groups is 1. The quantitative estimate of drug-likeness (QED) is 0.789. The third-order valence-electron chi connectivity index (χ3n) is 2.27. The highest BCUT2D eigenvalue weighted by atomic mass is 32.2. The Labute approximate surface area is 91.8 Å². The van der Waals surface area contributed by atoms with Crippen molar-refractivity contribution in [1.82, 2.24) is 0 Å². The Hall–Kier alpha value is -0.510. The summed E-state index contributed by atoms with van der Waals surface area (Å²) in [5, 5.41) is 10.4. The lowest BCUT2D eigenvalue weighted by molar-refractivity contribution is 0.282. The highest BCUT2D eigenvalue weighted by Gasteiger charge is 2.05. The van der Waals surface area contributed by atoms with Crippen LogP contribution in [0.4, 0.5) is 0 Å². The van der Waals surface area contributed by atoms with E-state index in [0.29, 0.717) is 0 Å². The van der Waals surface area contributed by atoms with Crippen LogP contribution >= 0.6 is 23.1 Å². The van der Waals surface area contributed by atoms with Gasteiger partial charge in [-0.05, 0) is 41.8 Å². The molecule has 74 valence electrons. The third kappa shape index (κ3) is 1.67. The molecular weight excluding hydrogens is 212 g/mol. The second kappa shape index (κ2) is 3.93. The lowest BCUT2D eigenvalue weighted by Crippen LogP contribution is -1.83. The van der Waals surface area contributed by atoms with Gasteiger partial charge in [-0.15, -0.1) is 23.1 Å². The van der Waals surface area contributed by atoms with Crippen molar-refractivity contribution in [2.24, 2.45) is 0 Å². The van der Waals surface area contributed by atoms with Crippen LogP contribution in [-0.4, -0.2) is 11.4 Å². The zero-order valence-corrected chi connectivity index (χ0v) is 9.84. The highest BCUT2D eigenvalue weighted by Crippen LogP contribution is 2.34. The molecule has 1 N–H and O–H groups in total. The van der Waals surface area contributed by atoms with Crippen molar-refractivity contribution in [3.63, 3.8) is 0 Å². The molecule has 0 saturated heterocycles. The Balaban J connectivity index is 2.67. The molecule has 0 amide bonds. The minimum absolute atomic E-state index is 0.128. The van der Waals surface area contributed by atoms with Crippen LogP contribution in [0.2, 0.25) is 0 Å². The minimum Gasteiger partial charge on any atom is -0.392 e. The van der Waals surface area contributed by atoms with Gasteiger partial charge in [-0.25, -0.2) is 0 Å². The van der Waals surface area contributed by atoms with E-state index in [-0.39, 0.29) is 6.61 Å². The Morgan fingerprint density at radius 3 is 2.79 bits per heavy atom. The number of rotatable bonds is 2. The van der Waals surface area contributed by atoms with Crippen molar-refractivity contribution in [2.75, 3.05) is 6.26 Å². The molecule has 0 aliphatic rings. The minimum atomic E-state index is 0.128. The number of aliphatic hydroxyl groups is 1. The van der Waals surface area contributed by atoms with E-state index in [0.717, 1.165) is 5.56 Å². The average molecular weight is 224 g/mol. The second-order valence-corrected chi connectivity index (χ2v) is 5.44. The van der Waals surface area contributed by atoms with Gasteiger partial charge in [0.15, 0.2) is 0 Å². The summed E-state index contributed by atoms with van der Waals surface area (Å²) in [6.07, 6.45) is 2.09. The summed E-state index contributed by atoms with van der Waals surface area (Å²) in [5.74, 6) is 0. The smallest absolute Gasteiger partial charge is 0.0682 e. The standard InChI is InChI=1S/C11H12OS2/c1-7-3-8(6-12)4-10-9(7)5-11(13-2)14-10/h3-5,12H,6H2,1-2H3. The summed E-state index contributed by atoms with van der Waals surface area (Å²) in [5.41, 5.74) is 2.26. The van der Waals surface area contributed by atoms with Crippen molar-refractivity contribution < 1.29 is 5.11 Å². The van der Waals surface area contributed by atoms with Crippen molar-refractivity contribution in [3.8, 4) is 0 Å². The predicted octanol–water partition coefficient (Wildman–Crippen LogP) is 3.42. The van der Waals surface area contributed by atoms with Crippen molar-refractivity contribution in [3.05, 3.63) is 29.3 Å². The van der Waals surface area contributed by atoms with E-state index in [1.165, 1.54) is 19.9 Å². The van der Waals surface area contributed by atoms with Gasteiger partial charge in [-0.3, -0.25) is 0 Å². The summed E-state index contributed by atoms with van der Waals surface area (Å²) in [6.45, 7) is 2.22. The van der Waals surface area contributed by atoms with E-state index >= 15 is 0 Å². The molecule has 0 saturated carbocycles. The molecule has 14 heavy (non-hydrogen) atoms. The molecule has 0 radical (unpaired) electrons. The van der Waals surface area contributed by atoms with E-state index in [9.17, 15) is 0 Å². The first-order valence-electron chi connectivity index (χ1n) is 4.42. The van der Waals surface area contributed by atoms with Gasteiger partial charge in [0.1, 0.15) is 0 Å². The van der Waals surface area contributed by atoms with Gasteiger partial charge < -0.3 is 5.11 Å². The highest BCUT2D eigenvalue weighted by molar-refractivity contribution is 8.00. The van der Waals surface area contributed by atoms with Gasteiger partial charge in [-0.2, -0.15) is 0 Å². The molecule has 0 aliphatic carbocycles. The third-order valence-corrected chi connectivity index (χ3v) is 4.41. The maximum Gasteiger partial charge on any atom is 0.0682 e. The molecule has 3 heteroatoms. The normalized spacial score (nSPS) is 11.1. The zero-order chi connectivity index (χ0) is 10.1. The van der Waals surface area contributed by atoms with Crippen LogP contribution in [0, 0.1) is 6.92 Å². The monoisotopic (exact) mass is 224 g/mol. The Morgan fingerprint density at radius 2 is 2.14 bits per heavy atom. The molecule has 0 bridgehead atoms. The number of aliphatic hydroxyl groups excluding tert-OH is 1. The van der Waals surface area contributed by atoms with Crippen LogP contribution in [0.25, 0.3) is 10.1 Å². The van der Waals surface area contributed by atoms with Gasteiger partial charge in [-0.1, -0.05) is 6.07 Å². The number of thiophene rings is 1. The lowest BCUT2D eigenvalue weighted by atomic mass is 10.1. The Morgan fingerprint density at radius 1 is 1.36 bits per heavy atom. The van der Waals surface area contributed by atoms with Gasteiger partial charge in [0.05, 0.1) is 10.8 Å². The molecule has 0 aliphatic heterocycles. The van der Waals surface area contributed by atoms with Crippen LogP contribution in [0.3, 0.4) is 0 Å². The number of hydrogen-bond donors (Lipinski definition) is 1. The molecule has 1 aromatic heterocycles. The van der Waals surface area contributed by atoms with Crippen LogP contribution in [0.5, 0.6) is 0 Å². The predicted molar refractivity (Wildman–Crippen MR) is 64.3 cm³/mol. The lowest BCUT2D eigenvalue weighted by Gasteiger charge is -1.99. The Bertz CT molecular complexity index is 460. The topological polar surface area (TPSA) is 20.2 Å². The fourth-order valence-electron chi connectivity index (χ4n) is 1.55. The molecule has 1 nitrogen and oxygen atoms in total. The van der Waals surface area contributed by atoms with E-state index < -0.39 is 0 Å². The summed E-state index contributed by atoms with van der Waals surface area (Å²) in [4.78, 5) is 0. The number of hydrogen-bond acceptors (Lipinski definition) is 3. The molecule has 0 fully saturated rings. The summed E-state index contributed by atoms with van der Waals surface area (Å²) in [7, 11) is 0. The van der Waals surface area contributed by atoms with Gasteiger partial charge >= 0.3 is 0 Å². The maximum atomic E-state index is 9.08. The molecule has 0 spiro atoms. The van der Waals surface area contributed by atoms with E-state index in [1.807, 2.05) is 0 Å². The SMILES string of the molecule is CSc1cc2c(C)cc(CO)cc2s1. The molecule has 0 unspecified atom stereocenters. The van der Waals surface area contributed by atoms with Crippen molar-refractivity contribution in [2.45, 2.75) is 17.7 Å². The molecule has 2 aromatic rings. The Kier molecular flexibility index (Phi) is 2.81. The van der Waals surface area contributed by atoms with Crippen molar-refractivity contribution in [1.29, 1.82) is 0 Å². The second-order valence-electron chi connectivity index (χ2n) is 3.25. The van der Waals surface area contributed by atoms with Crippen LogP contribution in [-0.2, 0) is 6.61 Å². The van der Waals surface area contributed by atoms with E-state index in [2.05, 4.69) is 31.4 Å².